The number of ether oxygens (including phenoxy) is 4. The molecule has 1 saturated carbocycles. The van der Waals surface area contributed by atoms with Crippen LogP contribution in [0.1, 0.15) is 63.4 Å². The van der Waals surface area contributed by atoms with E-state index < -0.39 is 6.10 Å². The van der Waals surface area contributed by atoms with Gasteiger partial charge in [0.15, 0.2) is 12.6 Å². The molecule has 6 nitrogen and oxygen atoms in total. The summed E-state index contributed by atoms with van der Waals surface area (Å²) < 4.78 is 24.5. The molecular weight excluding hydrogens is 420 g/mol. The zero-order valence-corrected chi connectivity index (χ0v) is 19.5. The van der Waals surface area contributed by atoms with Crippen molar-refractivity contribution in [2.24, 2.45) is 11.8 Å². The zero-order valence-electron chi connectivity index (χ0n) is 19.5. The number of hydrogen-bond donors (Lipinski definition) is 1. The first-order valence-corrected chi connectivity index (χ1v) is 12.7. The van der Waals surface area contributed by atoms with Crippen molar-refractivity contribution in [3.05, 3.63) is 47.7 Å². The van der Waals surface area contributed by atoms with Gasteiger partial charge in [-0.25, -0.2) is 0 Å². The highest BCUT2D eigenvalue weighted by atomic mass is 16.7. The number of aldehydes is 1. The molecule has 0 aromatic heterocycles. The van der Waals surface area contributed by atoms with Crippen LogP contribution < -0.4 is 0 Å². The van der Waals surface area contributed by atoms with Crippen LogP contribution in [0.15, 0.2) is 42.2 Å². The van der Waals surface area contributed by atoms with E-state index in [1.165, 1.54) is 5.56 Å². The number of allylic oxidation sites excluding steroid dienone is 1. The van der Waals surface area contributed by atoms with Crippen LogP contribution in [0.25, 0.3) is 0 Å². The summed E-state index contributed by atoms with van der Waals surface area (Å²) in [5, 5.41) is 10.9. The van der Waals surface area contributed by atoms with Crippen LogP contribution in [0.3, 0.4) is 0 Å². The summed E-state index contributed by atoms with van der Waals surface area (Å²) >= 11 is 0. The minimum Gasteiger partial charge on any atom is -0.469 e. The molecule has 2 aliphatic heterocycles. The van der Waals surface area contributed by atoms with E-state index in [1.54, 1.807) is 0 Å². The predicted octanol–water partition coefficient (Wildman–Crippen LogP) is 4.54. The summed E-state index contributed by atoms with van der Waals surface area (Å²) in [5.41, 5.74) is 1.27. The Morgan fingerprint density at radius 3 is 2.42 bits per heavy atom. The Labute approximate surface area is 197 Å². The quantitative estimate of drug-likeness (QED) is 0.410. The second kappa shape index (κ2) is 12.7. The van der Waals surface area contributed by atoms with Gasteiger partial charge in [-0.1, -0.05) is 30.3 Å². The van der Waals surface area contributed by atoms with E-state index in [0.29, 0.717) is 19.6 Å². The lowest BCUT2D eigenvalue weighted by molar-refractivity contribution is -0.201. The fourth-order valence-electron chi connectivity index (χ4n) is 5.28. The second-order valence-corrected chi connectivity index (χ2v) is 9.41. The minimum absolute atomic E-state index is 0.197. The number of rotatable bonds is 10. The highest BCUT2D eigenvalue weighted by molar-refractivity contribution is 5.50. The molecule has 2 saturated heterocycles. The standard InChI is InChI=1S/C27H38O6/c28-16-15-21-22(29)19-24(33-26-14-5-7-18-31-26)27(21)23(32-25-13-4-6-17-30-25)12-8-11-20-9-2-1-3-10-20/h1-3,9-10,12,16,21-22,24-27,29H,4-8,11,13-15,17-19H2/t21-,22+,24-,25?,26?,27+/m1/s1. The fraction of sp³-hybridized carbons (Fsp3) is 0.667. The van der Waals surface area contributed by atoms with Gasteiger partial charge in [-0.3, -0.25) is 0 Å². The number of aliphatic hydroxyl groups is 1. The van der Waals surface area contributed by atoms with Gasteiger partial charge in [0.05, 0.1) is 18.8 Å². The van der Waals surface area contributed by atoms with Crippen molar-refractivity contribution in [1.29, 1.82) is 0 Å². The molecule has 6 atom stereocenters. The second-order valence-electron chi connectivity index (χ2n) is 9.41. The molecule has 2 unspecified atom stereocenters. The van der Waals surface area contributed by atoms with Gasteiger partial charge in [-0.2, -0.15) is 0 Å². The number of aliphatic hydroxyl groups excluding tert-OH is 1. The molecule has 1 N–H and O–H groups in total. The molecule has 0 amide bonds. The van der Waals surface area contributed by atoms with Gasteiger partial charge in [-0.05, 0) is 56.6 Å². The van der Waals surface area contributed by atoms with E-state index in [-0.39, 0.29) is 36.9 Å². The van der Waals surface area contributed by atoms with Crippen LogP contribution in [-0.4, -0.2) is 49.4 Å². The van der Waals surface area contributed by atoms with E-state index in [9.17, 15) is 9.90 Å². The van der Waals surface area contributed by atoms with Crippen LogP contribution in [0.4, 0.5) is 0 Å². The molecule has 6 heteroatoms. The van der Waals surface area contributed by atoms with Gasteiger partial charge < -0.3 is 28.8 Å². The molecule has 3 fully saturated rings. The number of carbonyl (C=O) groups is 1. The highest BCUT2D eigenvalue weighted by Crippen LogP contribution is 2.43. The van der Waals surface area contributed by atoms with Gasteiger partial charge in [-0.15, -0.1) is 0 Å². The van der Waals surface area contributed by atoms with E-state index in [4.69, 9.17) is 18.9 Å². The van der Waals surface area contributed by atoms with Crippen LogP contribution in [0.2, 0.25) is 0 Å². The van der Waals surface area contributed by atoms with E-state index in [1.807, 2.05) is 18.2 Å². The Balaban J connectivity index is 1.54. The summed E-state index contributed by atoms with van der Waals surface area (Å²) in [7, 11) is 0. The molecular formula is C27H38O6. The maximum absolute atomic E-state index is 11.5. The third kappa shape index (κ3) is 6.89. The topological polar surface area (TPSA) is 74.2 Å². The largest absolute Gasteiger partial charge is 0.469 e. The van der Waals surface area contributed by atoms with E-state index in [0.717, 1.165) is 63.4 Å². The van der Waals surface area contributed by atoms with Crippen LogP contribution >= 0.6 is 0 Å². The molecule has 4 rings (SSSR count). The third-order valence-corrected chi connectivity index (χ3v) is 7.02. The summed E-state index contributed by atoms with van der Waals surface area (Å²) in [6.45, 7) is 1.40. The van der Waals surface area contributed by atoms with Crippen molar-refractivity contribution < 1.29 is 28.8 Å². The lowest BCUT2D eigenvalue weighted by Crippen LogP contribution is -2.34. The van der Waals surface area contributed by atoms with Crippen LogP contribution in [0.5, 0.6) is 0 Å². The molecule has 3 aliphatic rings. The number of aryl methyl sites for hydroxylation is 1. The Morgan fingerprint density at radius 1 is 1.03 bits per heavy atom. The molecule has 182 valence electrons. The monoisotopic (exact) mass is 458 g/mol. The number of benzene rings is 1. The maximum atomic E-state index is 11.5. The van der Waals surface area contributed by atoms with E-state index in [2.05, 4.69) is 18.2 Å². The average molecular weight is 459 g/mol. The van der Waals surface area contributed by atoms with Crippen molar-refractivity contribution in [1.82, 2.24) is 0 Å². The Morgan fingerprint density at radius 2 is 1.76 bits per heavy atom. The average Bonchev–Trinajstić information content (AvgIpc) is 3.15. The zero-order chi connectivity index (χ0) is 22.9. The number of carbonyl (C=O) groups excluding carboxylic acids is 1. The highest BCUT2D eigenvalue weighted by Gasteiger charge is 2.47. The smallest absolute Gasteiger partial charge is 0.199 e. The van der Waals surface area contributed by atoms with Crippen LogP contribution in [0, 0.1) is 11.8 Å². The van der Waals surface area contributed by atoms with Gasteiger partial charge >= 0.3 is 0 Å². The lowest BCUT2D eigenvalue weighted by Gasteiger charge is -2.33. The van der Waals surface area contributed by atoms with E-state index >= 15 is 0 Å². The molecule has 0 spiro atoms. The Kier molecular flexibility index (Phi) is 9.36. The predicted molar refractivity (Wildman–Crippen MR) is 124 cm³/mol. The van der Waals surface area contributed by atoms with Crippen LogP contribution in [-0.2, 0) is 30.2 Å². The fourth-order valence-corrected chi connectivity index (χ4v) is 5.28. The minimum atomic E-state index is -0.609. The van der Waals surface area contributed by atoms with Crippen molar-refractivity contribution in [2.75, 3.05) is 13.2 Å². The van der Waals surface area contributed by atoms with Crippen molar-refractivity contribution in [2.45, 2.75) is 89.0 Å². The van der Waals surface area contributed by atoms with Gasteiger partial charge in [0.1, 0.15) is 12.0 Å². The van der Waals surface area contributed by atoms with Crippen molar-refractivity contribution in [3.8, 4) is 0 Å². The summed E-state index contributed by atoms with van der Waals surface area (Å²) in [4.78, 5) is 11.5. The first-order valence-electron chi connectivity index (χ1n) is 12.7. The van der Waals surface area contributed by atoms with Crippen molar-refractivity contribution >= 4 is 6.29 Å². The Bertz CT molecular complexity index is 738. The Hall–Kier alpha value is -1.73. The summed E-state index contributed by atoms with van der Waals surface area (Å²) in [5.74, 6) is 0.363. The molecule has 2 heterocycles. The normalized spacial score (nSPS) is 33.1. The summed E-state index contributed by atoms with van der Waals surface area (Å²) in [6, 6.07) is 10.4. The molecule has 1 aliphatic carbocycles. The maximum Gasteiger partial charge on any atom is 0.199 e. The third-order valence-electron chi connectivity index (χ3n) is 7.02. The number of hydrogen-bond acceptors (Lipinski definition) is 6. The SMILES string of the molecule is O=CC[C@H]1[C@@H](C(=CCCc2ccccc2)OC2CCCCO2)[C@H](OC2CCCCO2)C[C@@H]1O. The molecule has 0 bridgehead atoms. The lowest BCUT2D eigenvalue weighted by atomic mass is 9.88. The molecule has 33 heavy (non-hydrogen) atoms. The summed E-state index contributed by atoms with van der Waals surface area (Å²) in [6.07, 6.45) is 10.0. The van der Waals surface area contributed by atoms with Gasteiger partial charge in [0, 0.05) is 37.7 Å². The van der Waals surface area contributed by atoms with Crippen molar-refractivity contribution in [3.63, 3.8) is 0 Å². The molecule has 1 aromatic carbocycles. The first kappa shape index (κ1) is 24.4. The first-order chi connectivity index (χ1) is 16.2. The van der Waals surface area contributed by atoms with Gasteiger partial charge in [0.25, 0.3) is 0 Å². The van der Waals surface area contributed by atoms with Gasteiger partial charge in [0.2, 0.25) is 0 Å². The molecule has 0 radical (unpaired) electrons. The molecule has 1 aromatic rings.